The van der Waals surface area contributed by atoms with Crippen molar-refractivity contribution in [3.8, 4) is 22.9 Å². The normalized spacial score (nSPS) is 11.5. The van der Waals surface area contributed by atoms with E-state index in [1.54, 1.807) is 17.4 Å². The highest BCUT2D eigenvalue weighted by atomic mass is 32.2. The molecule has 0 amide bonds. The van der Waals surface area contributed by atoms with Crippen molar-refractivity contribution in [3.63, 3.8) is 0 Å². The summed E-state index contributed by atoms with van der Waals surface area (Å²) in [6.45, 7) is 3.06. The first-order chi connectivity index (χ1) is 14.9. The predicted octanol–water partition coefficient (Wildman–Crippen LogP) is 5.57. The summed E-state index contributed by atoms with van der Waals surface area (Å²) in [5, 5.41) is 5.92. The summed E-state index contributed by atoms with van der Waals surface area (Å²) in [7, 11) is 1.37. The standard InChI is InChI=1S/C20H18F2N4O3S2/c1-9-10(2)31-19-16(9)18(23-11(3)24-19)30-8-15-25-17(26-29-15)12-5-6-13(28-20(21)22)14(7-12)27-4/h5-7,20H,8H2,1-4H3. The van der Waals surface area contributed by atoms with Crippen molar-refractivity contribution in [2.24, 2.45) is 0 Å². The largest absolute Gasteiger partial charge is 0.493 e. The van der Waals surface area contributed by atoms with Crippen molar-refractivity contribution in [1.82, 2.24) is 20.1 Å². The number of thiophene rings is 1. The fourth-order valence-electron chi connectivity index (χ4n) is 2.98. The molecule has 3 heterocycles. The Labute approximate surface area is 184 Å². The molecule has 0 unspecified atom stereocenters. The highest BCUT2D eigenvalue weighted by molar-refractivity contribution is 7.98. The van der Waals surface area contributed by atoms with Crippen molar-refractivity contribution in [2.45, 2.75) is 38.2 Å². The second-order valence-corrected chi connectivity index (χ2v) is 8.75. The first-order valence-corrected chi connectivity index (χ1v) is 11.0. The molecule has 1 aromatic carbocycles. The number of aryl methyl sites for hydroxylation is 3. The second-order valence-electron chi connectivity index (χ2n) is 6.58. The summed E-state index contributed by atoms with van der Waals surface area (Å²) in [5.41, 5.74) is 1.73. The number of nitrogens with zero attached hydrogens (tertiary/aromatic N) is 4. The van der Waals surface area contributed by atoms with E-state index < -0.39 is 6.61 Å². The molecule has 31 heavy (non-hydrogen) atoms. The molecule has 0 aliphatic heterocycles. The van der Waals surface area contributed by atoms with E-state index in [-0.39, 0.29) is 11.5 Å². The van der Waals surface area contributed by atoms with Gasteiger partial charge in [-0.05, 0) is 44.5 Å². The lowest BCUT2D eigenvalue weighted by Crippen LogP contribution is -2.03. The number of hydrogen-bond acceptors (Lipinski definition) is 9. The number of benzene rings is 1. The van der Waals surface area contributed by atoms with Crippen LogP contribution in [0.2, 0.25) is 0 Å². The van der Waals surface area contributed by atoms with E-state index in [0.717, 1.165) is 15.2 Å². The van der Waals surface area contributed by atoms with Crippen LogP contribution in [-0.4, -0.2) is 33.8 Å². The van der Waals surface area contributed by atoms with Gasteiger partial charge in [-0.15, -0.1) is 11.3 Å². The van der Waals surface area contributed by atoms with Crippen LogP contribution in [-0.2, 0) is 5.75 Å². The summed E-state index contributed by atoms with van der Waals surface area (Å²) in [5.74, 6) is 1.97. The van der Waals surface area contributed by atoms with Crippen molar-refractivity contribution >= 4 is 33.3 Å². The van der Waals surface area contributed by atoms with Gasteiger partial charge in [-0.1, -0.05) is 16.9 Å². The van der Waals surface area contributed by atoms with Gasteiger partial charge in [0.2, 0.25) is 11.7 Å². The molecule has 3 aromatic heterocycles. The Kier molecular flexibility index (Phi) is 6.05. The van der Waals surface area contributed by atoms with Gasteiger partial charge in [0.15, 0.2) is 11.5 Å². The van der Waals surface area contributed by atoms with Gasteiger partial charge in [0.1, 0.15) is 15.7 Å². The molecule has 4 aromatic rings. The summed E-state index contributed by atoms with van der Waals surface area (Å²) in [4.78, 5) is 15.7. The van der Waals surface area contributed by atoms with Gasteiger partial charge >= 0.3 is 6.61 Å². The maximum absolute atomic E-state index is 12.5. The smallest absolute Gasteiger partial charge is 0.387 e. The summed E-state index contributed by atoms with van der Waals surface area (Å²) in [6, 6.07) is 4.47. The topological polar surface area (TPSA) is 83.2 Å². The Bertz CT molecular complexity index is 1240. The first kappa shape index (κ1) is 21.4. The quantitative estimate of drug-likeness (QED) is 0.259. The van der Waals surface area contributed by atoms with E-state index >= 15 is 0 Å². The van der Waals surface area contributed by atoms with Gasteiger partial charge in [-0.25, -0.2) is 9.97 Å². The van der Waals surface area contributed by atoms with Gasteiger partial charge in [0.05, 0.1) is 12.9 Å². The zero-order valence-electron chi connectivity index (χ0n) is 17.1. The molecule has 0 spiro atoms. The van der Waals surface area contributed by atoms with Gasteiger partial charge in [-0.3, -0.25) is 0 Å². The van der Waals surface area contributed by atoms with Gasteiger partial charge in [0.25, 0.3) is 0 Å². The average Bonchev–Trinajstić information content (AvgIpc) is 3.30. The molecule has 0 saturated carbocycles. The minimum atomic E-state index is -2.94. The Balaban J connectivity index is 1.55. The van der Waals surface area contributed by atoms with E-state index in [4.69, 9.17) is 9.26 Å². The fourth-order valence-corrected chi connectivity index (χ4v) is 5.09. The summed E-state index contributed by atoms with van der Waals surface area (Å²) < 4.78 is 40.0. The third-order valence-electron chi connectivity index (χ3n) is 4.55. The Morgan fingerprint density at radius 3 is 2.68 bits per heavy atom. The molecule has 11 heteroatoms. The van der Waals surface area contributed by atoms with E-state index in [9.17, 15) is 8.78 Å². The molecule has 0 atom stereocenters. The second kappa shape index (κ2) is 8.75. The van der Waals surface area contributed by atoms with Crippen molar-refractivity contribution < 1.29 is 22.8 Å². The SMILES string of the molecule is COc1cc(-c2noc(CSc3nc(C)nc4sc(C)c(C)c34)n2)ccc1OC(F)F. The minimum Gasteiger partial charge on any atom is -0.493 e. The minimum absolute atomic E-state index is 0.0647. The van der Waals surface area contributed by atoms with Gasteiger partial charge < -0.3 is 14.0 Å². The van der Waals surface area contributed by atoms with Crippen LogP contribution in [0.5, 0.6) is 11.5 Å². The number of fused-ring (bicyclic) bond motifs is 1. The number of aromatic nitrogens is 4. The molecule has 0 fully saturated rings. The lowest BCUT2D eigenvalue weighted by atomic mass is 10.2. The number of halogens is 2. The van der Waals surface area contributed by atoms with Crippen LogP contribution < -0.4 is 9.47 Å². The number of rotatable bonds is 7. The fraction of sp³-hybridized carbons (Fsp3) is 0.300. The molecule has 0 aliphatic carbocycles. The Morgan fingerprint density at radius 1 is 1.13 bits per heavy atom. The molecule has 0 aliphatic rings. The lowest BCUT2D eigenvalue weighted by molar-refractivity contribution is -0.0512. The van der Waals surface area contributed by atoms with E-state index in [1.165, 1.54) is 41.4 Å². The highest BCUT2D eigenvalue weighted by Crippen LogP contribution is 2.36. The van der Waals surface area contributed by atoms with E-state index in [1.807, 2.05) is 6.92 Å². The number of thioether (sulfide) groups is 1. The Morgan fingerprint density at radius 2 is 1.94 bits per heavy atom. The van der Waals surface area contributed by atoms with Crippen LogP contribution in [0.15, 0.2) is 27.7 Å². The number of alkyl halides is 2. The van der Waals surface area contributed by atoms with Crippen LogP contribution in [0.25, 0.3) is 21.6 Å². The summed E-state index contributed by atoms with van der Waals surface area (Å²) in [6.07, 6.45) is 0. The zero-order chi connectivity index (χ0) is 22.1. The predicted molar refractivity (Wildman–Crippen MR) is 114 cm³/mol. The molecule has 0 radical (unpaired) electrons. The zero-order valence-corrected chi connectivity index (χ0v) is 18.7. The molecule has 0 saturated heterocycles. The first-order valence-electron chi connectivity index (χ1n) is 9.18. The van der Waals surface area contributed by atoms with Crippen LogP contribution in [0.4, 0.5) is 8.78 Å². The highest BCUT2D eigenvalue weighted by Gasteiger charge is 2.17. The van der Waals surface area contributed by atoms with Gasteiger partial charge in [-0.2, -0.15) is 13.8 Å². The van der Waals surface area contributed by atoms with Crippen molar-refractivity contribution in [2.75, 3.05) is 7.11 Å². The monoisotopic (exact) mass is 464 g/mol. The lowest BCUT2D eigenvalue weighted by Gasteiger charge is -2.10. The number of methoxy groups -OCH3 is 1. The van der Waals surface area contributed by atoms with Crippen LogP contribution in [0.1, 0.15) is 22.2 Å². The number of ether oxygens (including phenoxy) is 2. The molecular formula is C20H18F2N4O3S2. The molecule has 4 rings (SSSR count). The average molecular weight is 465 g/mol. The maximum atomic E-state index is 12.5. The maximum Gasteiger partial charge on any atom is 0.387 e. The third-order valence-corrected chi connectivity index (χ3v) is 6.61. The van der Waals surface area contributed by atoms with Crippen molar-refractivity contribution in [1.29, 1.82) is 0 Å². The van der Waals surface area contributed by atoms with Gasteiger partial charge in [0, 0.05) is 15.8 Å². The van der Waals surface area contributed by atoms with Crippen LogP contribution >= 0.6 is 23.1 Å². The number of hydrogen-bond donors (Lipinski definition) is 0. The Hall–Kier alpha value is -2.79. The van der Waals surface area contributed by atoms with E-state index in [2.05, 4.69) is 38.7 Å². The van der Waals surface area contributed by atoms with Crippen molar-refractivity contribution in [3.05, 3.63) is 40.4 Å². The molecule has 7 nitrogen and oxygen atoms in total. The molecule has 162 valence electrons. The van der Waals surface area contributed by atoms with Crippen LogP contribution in [0, 0.1) is 20.8 Å². The molecule has 0 bridgehead atoms. The molecule has 0 N–H and O–H groups in total. The third kappa shape index (κ3) is 4.47. The molecular weight excluding hydrogens is 446 g/mol. The van der Waals surface area contributed by atoms with E-state index in [0.29, 0.717) is 28.9 Å². The summed E-state index contributed by atoms with van der Waals surface area (Å²) >= 11 is 3.15. The van der Waals surface area contributed by atoms with Crippen LogP contribution in [0.3, 0.4) is 0 Å².